The second kappa shape index (κ2) is 8.48. The summed E-state index contributed by atoms with van der Waals surface area (Å²) in [4.78, 5) is 8.95. The highest BCUT2D eigenvalue weighted by Crippen LogP contribution is 2.43. The standard InChI is InChI=1S/C26H19F4N5O2/c1-35-12-31-34-24(35)18-10-16(27)4-5-17(18)15-8-20(14-2-3-14)32-22(9-15)25-33-21-7-13(11-36)6-19(23(21)37-25)26(28,29)30/h4-10,12,14,36H,2-3,11H2,1H3. The van der Waals surface area contributed by atoms with Gasteiger partial charge in [0.25, 0.3) is 0 Å². The van der Waals surface area contributed by atoms with E-state index in [1.54, 1.807) is 23.7 Å². The number of oxazole rings is 1. The summed E-state index contributed by atoms with van der Waals surface area (Å²) in [5.41, 5.74) is 1.41. The molecule has 3 heterocycles. The number of hydrogen-bond acceptors (Lipinski definition) is 6. The van der Waals surface area contributed by atoms with Crippen LogP contribution in [0.3, 0.4) is 0 Å². The van der Waals surface area contributed by atoms with Gasteiger partial charge in [0, 0.05) is 24.2 Å². The third-order valence-corrected chi connectivity index (χ3v) is 6.34. The van der Waals surface area contributed by atoms with E-state index in [0.29, 0.717) is 22.5 Å². The summed E-state index contributed by atoms with van der Waals surface area (Å²) in [6.07, 6.45) is -1.33. The molecule has 0 unspecified atom stereocenters. The van der Waals surface area contributed by atoms with Crippen molar-refractivity contribution in [3.63, 3.8) is 0 Å². The molecule has 1 saturated carbocycles. The number of alkyl halides is 3. The number of aliphatic hydroxyl groups is 1. The van der Waals surface area contributed by atoms with Crippen LogP contribution in [0.5, 0.6) is 0 Å². The van der Waals surface area contributed by atoms with Crippen LogP contribution >= 0.6 is 0 Å². The number of aromatic nitrogens is 5. The van der Waals surface area contributed by atoms with Crippen molar-refractivity contribution in [3.05, 3.63) is 71.4 Å². The first kappa shape index (κ1) is 23.3. The average Bonchev–Trinajstić information content (AvgIpc) is 3.49. The number of rotatable bonds is 5. The molecule has 37 heavy (non-hydrogen) atoms. The van der Waals surface area contributed by atoms with Gasteiger partial charge in [-0.1, -0.05) is 6.07 Å². The lowest BCUT2D eigenvalue weighted by Crippen LogP contribution is -2.06. The van der Waals surface area contributed by atoms with Crippen molar-refractivity contribution in [3.8, 4) is 34.1 Å². The van der Waals surface area contributed by atoms with Crippen molar-refractivity contribution >= 4 is 11.1 Å². The Balaban J connectivity index is 1.55. The molecule has 1 fully saturated rings. The van der Waals surface area contributed by atoms with Crippen molar-refractivity contribution < 1.29 is 27.1 Å². The lowest BCUT2D eigenvalue weighted by atomic mass is 9.97. The SMILES string of the molecule is Cn1cnnc1-c1cc(F)ccc1-c1cc(-c2nc3cc(CO)cc(C(F)(F)F)c3o2)nc(C2CC2)c1. The van der Waals surface area contributed by atoms with E-state index in [-0.39, 0.29) is 28.6 Å². The summed E-state index contributed by atoms with van der Waals surface area (Å²) in [6, 6.07) is 10.1. The average molecular weight is 509 g/mol. The molecule has 0 atom stereocenters. The molecule has 1 aliphatic carbocycles. The normalized spacial score (nSPS) is 14.0. The third-order valence-electron chi connectivity index (χ3n) is 6.34. The zero-order valence-corrected chi connectivity index (χ0v) is 19.4. The topological polar surface area (TPSA) is 89.9 Å². The summed E-state index contributed by atoms with van der Waals surface area (Å²) in [7, 11) is 1.74. The first-order chi connectivity index (χ1) is 17.7. The largest absolute Gasteiger partial charge is 0.434 e. The Bertz CT molecular complexity index is 1650. The molecule has 0 bridgehead atoms. The molecule has 3 aromatic heterocycles. The van der Waals surface area contributed by atoms with Crippen LogP contribution in [0.2, 0.25) is 0 Å². The molecular weight excluding hydrogens is 490 g/mol. The predicted molar refractivity (Wildman–Crippen MR) is 126 cm³/mol. The summed E-state index contributed by atoms with van der Waals surface area (Å²) >= 11 is 0. The van der Waals surface area contributed by atoms with Gasteiger partial charge in [-0.3, -0.25) is 0 Å². The molecular formula is C26H19F4N5O2. The van der Waals surface area contributed by atoms with Crippen molar-refractivity contribution in [1.82, 2.24) is 24.7 Å². The van der Waals surface area contributed by atoms with Gasteiger partial charge in [-0.2, -0.15) is 13.2 Å². The quantitative estimate of drug-likeness (QED) is 0.298. The first-order valence-electron chi connectivity index (χ1n) is 11.5. The van der Waals surface area contributed by atoms with Crippen LogP contribution in [0.15, 0.2) is 53.2 Å². The van der Waals surface area contributed by atoms with Gasteiger partial charge in [-0.15, -0.1) is 10.2 Å². The summed E-state index contributed by atoms with van der Waals surface area (Å²) in [5.74, 6) is 0.126. The number of aliphatic hydroxyl groups excluding tert-OH is 1. The van der Waals surface area contributed by atoms with Crippen molar-refractivity contribution in [2.45, 2.75) is 31.5 Å². The molecule has 7 nitrogen and oxygen atoms in total. The summed E-state index contributed by atoms with van der Waals surface area (Å²) in [6.45, 7) is -0.573. The van der Waals surface area contributed by atoms with E-state index < -0.39 is 29.7 Å². The Morgan fingerprint density at radius 3 is 2.54 bits per heavy atom. The highest BCUT2D eigenvalue weighted by atomic mass is 19.4. The van der Waals surface area contributed by atoms with Crippen molar-refractivity contribution in [1.29, 1.82) is 0 Å². The maximum atomic E-state index is 14.3. The fourth-order valence-electron chi connectivity index (χ4n) is 4.39. The second-order valence-electron chi connectivity index (χ2n) is 9.06. The predicted octanol–water partition coefficient (Wildman–Crippen LogP) is 5.88. The van der Waals surface area contributed by atoms with E-state index in [0.717, 1.165) is 24.6 Å². The molecule has 11 heteroatoms. The Labute approximate surface area is 207 Å². The van der Waals surface area contributed by atoms with Gasteiger partial charge in [0.05, 0.1) is 6.61 Å². The van der Waals surface area contributed by atoms with Crippen LogP contribution in [0.1, 0.15) is 35.6 Å². The molecule has 1 aliphatic rings. The monoisotopic (exact) mass is 509 g/mol. The highest BCUT2D eigenvalue weighted by molar-refractivity contribution is 5.84. The zero-order chi connectivity index (χ0) is 25.9. The van der Waals surface area contributed by atoms with E-state index in [1.165, 1.54) is 24.5 Å². The molecule has 188 valence electrons. The van der Waals surface area contributed by atoms with Gasteiger partial charge < -0.3 is 14.1 Å². The number of aryl methyl sites for hydroxylation is 1. The molecule has 0 saturated heterocycles. The van der Waals surface area contributed by atoms with Gasteiger partial charge in [-0.05, 0) is 65.9 Å². The van der Waals surface area contributed by atoms with Gasteiger partial charge in [0.2, 0.25) is 5.89 Å². The second-order valence-corrected chi connectivity index (χ2v) is 9.06. The molecule has 1 N–H and O–H groups in total. The van der Waals surface area contributed by atoms with E-state index in [4.69, 9.17) is 4.42 Å². The van der Waals surface area contributed by atoms with E-state index in [9.17, 15) is 22.7 Å². The molecule has 6 rings (SSSR count). The number of benzene rings is 2. The Morgan fingerprint density at radius 2 is 1.86 bits per heavy atom. The summed E-state index contributed by atoms with van der Waals surface area (Å²) < 4.78 is 62.7. The Morgan fingerprint density at radius 1 is 1.05 bits per heavy atom. The fraction of sp³-hybridized carbons (Fsp3) is 0.231. The van der Waals surface area contributed by atoms with Crippen LogP contribution in [0, 0.1) is 5.82 Å². The minimum atomic E-state index is -4.70. The van der Waals surface area contributed by atoms with Gasteiger partial charge in [0.15, 0.2) is 11.4 Å². The highest BCUT2D eigenvalue weighted by Gasteiger charge is 2.36. The molecule has 2 aromatic carbocycles. The van der Waals surface area contributed by atoms with Crippen LogP contribution in [-0.4, -0.2) is 29.8 Å². The number of nitrogens with zero attached hydrogens (tertiary/aromatic N) is 5. The zero-order valence-electron chi connectivity index (χ0n) is 19.4. The Hall–Kier alpha value is -4.12. The van der Waals surface area contributed by atoms with Crippen LogP contribution < -0.4 is 0 Å². The fourth-order valence-corrected chi connectivity index (χ4v) is 4.39. The van der Waals surface area contributed by atoms with E-state index in [2.05, 4.69) is 20.2 Å². The number of pyridine rings is 1. The minimum absolute atomic E-state index is 0.0318. The third kappa shape index (κ3) is 4.25. The van der Waals surface area contributed by atoms with Crippen molar-refractivity contribution in [2.75, 3.05) is 0 Å². The summed E-state index contributed by atoms with van der Waals surface area (Å²) in [5, 5.41) is 17.5. The molecule has 0 radical (unpaired) electrons. The molecule has 0 spiro atoms. The molecule has 5 aromatic rings. The lowest BCUT2D eigenvalue weighted by Gasteiger charge is -2.12. The Kier molecular flexibility index (Phi) is 5.34. The van der Waals surface area contributed by atoms with Crippen LogP contribution in [0.25, 0.3) is 45.2 Å². The number of halogens is 4. The van der Waals surface area contributed by atoms with E-state index >= 15 is 0 Å². The maximum absolute atomic E-state index is 14.3. The van der Waals surface area contributed by atoms with E-state index in [1.807, 2.05) is 6.07 Å². The lowest BCUT2D eigenvalue weighted by molar-refractivity contribution is -0.136. The van der Waals surface area contributed by atoms with Crippen molar-refractivity contribution in [2.24, 2.45) is 7.05 Å². The van der Waals surface area contributed by atoms with Gasteiger partial charge in [0.1, 0.15) is 28.9 Å². The van der Waals surface area contributed by atoms with Crippen LogP contribution in [-0.2, 0) is 19.8 Å². The molecule has 0 amide bonds. The van der Waals surface area contributed by atoms with Gasteiger partial charge in [-0.25, -0.2) is 14.4 Å². The maximum Gasteiger partial charge on any atom is 0.420 e. The number of hydrogen-bond donors (Lipinski definition) is 1. The first-order valence-corrected chi connectivity index (χ1v) is 11.5. The van der Waals surface area contributed by atoms with Crippen LogP contribution in [0.4, 0.5) is 17.6 Å². The number of fused-ring (bicyclic) bond motifs is 1. The minimum Gasteiger partial charge on any atom is -0.434 e. The smallest absolute Gasteiger partial charge is 0.420 e. The van der Waals surface area contributed by atoms with Gasteiger partial charge >= 0.3 is 6.18 Å². The molecule has 0 aliphatic heterocycles.